The molecule has 0 fully saturated rings. The van der Waals surface area contributed by atoms with Crippen LogP contribution in [0.1, 0.15) is 97.3 Å². The van der Waals surface area contributed by atoms with E-state index in [-0.39, 0.29) is 0 Å². The lowest BCUT2D eigenvalue weighted by Crippen LogP contribution is -1.96. The highest BCUT2D eigenvalue weighted by Crippen LogP contribution is 2.08. The fourth-order valence-corrected chi connectivity index (χ4v) is 2.22. The monoisotopic (exact) mass is 266 g/mol. The standard InChI is InChI=1S/C18H34O/c1-3-5-7-9-10-11-13-15-17-18(19)16-14-12-8-6-4-2/h11,13H,3-10,12,14-17H2,1-2H3. The Morgan fingerprint density at radius 3 is 1.95 bits per heavy atom. The largest absolute Gasteiger partial charge is 0.300 e. The molecule has 0 N–H and O–H groups in total. The van der Waals surface area contributed by atoms with Gasteiger partial charge in [-0.25, -0.2) is 0 Å². The fraction of sp³-hybridized carbons (Fsp3) is 0.833. The molecule has 0 unspecified atom stereocenters. The summed E-state index contributed by atoms with van der Waals surface area (Å²) in [6.45, 7) is 4.46. The highest BCUT2D eigenvalue weighted by molar-refractivity contribution is 5.78. The number of carbonyl (C=O) groups excluding carboxylic acids is 1. The third kappa shape index (κ3) is 15.4. The Morgan fingerprint density at radius 1 is 0.684 bits per heavy atom. The molecule has 0 rings (SSSR count). The Morgan fingerprint density at radius 2 is 1.26 bits per heavy atom. The molecule has 19 heavy (non-hydrogen) atoms. The molecule has 0 bridgehead atoms. The van der Waals surface area contributed by atoms with Gasteiger partial charge in [-0.3, -0.25) is 4.79 Å². The molecular weight excluding hydrogens is 232 g/mol. The van der Waals surface area contributed by atoms with Gasteiger partial charge in [-0.2, -0.15) is 0 Å². The smallest absolute Gasteiger partial charge is 0.133 e. The maximum atomic E-state index is 11.6. The van der Waals surface area contributed by atoms with E-state index in [4.69, 9.17) is 0 Å². The summed E-state index contributed by atoms with van der Waals surface area (Å²) in [5.74, 6) is 0.451. The lowest BCUT2D eigenvalue weighted by molar-refractivity contribution is -0.119. The lowest BCUT2D eigenvalue weighted by Gasteiger charge is -1.99. The zero-order valence-electron chi connectivity index (χ0n) is 13.3. The van der Waals surface area contributed by atoms with Gasteiger partial charge >= 0.3 is 0 Å². The number of hydrogen-bond acceptors (Lipinski definition) is 1. The van der Waals surface area contributed by atoms with Crippen molar-refractivity contribution in [2.75, 3.05) is 0 Å². The van der Waals surface area contributed by atoms with Gasteiger partial charge in [0.05, 0.1) is 0 Å². The number of allylic oxidation sites excluding steroid dienone is 2. The van der Waals surface area contributed by atoms with E-state index >= 15 is 0 Å². The molecule has 1 nitrogen and oxygen atoms in total. The van der Waals surface area contributed by atoms with Gasteiger partial charge in [-0.15, -0.1) is 0 Å². The van der Waals surface area contributed by atoms with Gasteiger partial charge in [0.1, 0.15) is 5.78 Å². The van der Waals surface area contributed by atoms with Gasteiger partial charge in [-0.1, -0.05) is 70.9 Å². The zero-order valence-corrected chi connectivity index (χ0v) is 13.3. The van der Waals surface area contributed by atoms with Crippen molar-refractivity contribution < 1.29 is 4.79 Å². The summed E-state index contributed by atoms with van der Waals surface area (Å²) in [6, 6.07) is 0. The molecule has 0 atom stereocenters. The summed E-state index contributed by atoms with van der Waals surface area (Å²) in [5.41, 5.74) is 0. The summed E-state index contributed by atoms with van der Waals surface area (Å²) in [4.78, 5) is 11.6. The van der Waals surface area contributed by atoms with Gasteiger partial charge < -0.3 is 0 Å². The second-order valence-electron chi connectivity index (χ2n) is 5.56. The van der Waals surface area contributed by atoms with Crippen molar-refractivity contribution >= 4 is 5.78 Å². The summed E-state index contributed by atoms with van der Waals surface area (Å²) in [5, 5.41) is 0. The van der Waals surface area contributed by atoms with Crippen LogP contribution in [0, 0.1) is 0 Å². The molecule has 0 saturated carbocycles. The zero-order chi connectivity index (χ0) is 14.2. The van der Waals surface area contributed by atoms with E-state index in [2.05, 4.69) is 26.0 Å². The molecule has 0 spiro atoms. The molecule has 0 heterocycles. The molecule has 0 aliphatic heterocycles. The highest BCUT2D eigenvalue weighted by atomic mass is 16.1. The van der Waals surface area contributed by atoms with Crippen molar-refractivity contribution in [3.8, 4) is 0 Å². The number of carbonyl (C=O) groups is 1. The van der Waals surface area contributed by atoms with Crippen LogP contribution in [0.15, 0.2) is 12.2 Å². The quantitative estimate of drug-likeness (QED) is 0.269. The SMILES string of the molecule is CCCCCCC=CCCC(=O)CCCCCCC. The number of unbranched alkanes of at least 4 members (excludes halogenated alkanes) is 8. The topological polar surface area (TPSA) is 17.1 Å². The first kappa shape index (κ1) is 18.4. The van der Waals surface area contributed by atoms with Crippen molar-refractivity contribution in [1.29, 1.82) is 0 Å². The van der Waals surface area contributed by atoms with Crippen LogP contribution in [0.3, 0.4) is 0 Å². The summed E-state index contributed by atoms with van der Waals surface area (Å²) >= 11 is 0. The number of ketones is 1. The van der Waals surface area contributed by atoms with E-state index in [0.29, 0.717) is 5.78 Å². The lowest BCUT2D eigenvalue weighted by atomic mass is 10.1. The number of hydrogen-bond donors (Lipinski definition) is 0. The van der Waals surface area contributed by atoms with E-state index in [0.717, 1.165) is 25.7 Å². The molecule has 0 aromatic rings. The Bertz CT molecular complexity index is 218. The van der Waals surface area contributed by atoms with E-state index in [9.17, 15) is 4.79 Å². The molecule has 0 aliphatic carbocycles. The third-order valence-electron chi connectivity index (χ3n) is 3.54. The molecule has 0 aliphatic rings. The van der Waals surface area contributed by atoms with Crippen molar-refractivity contribution in [2.24, 2.45) is 0 Å². The maximum absolute atomic E-state index is 11.6. The van der Waals surface area contributed by atoms with E-state index in [1.165, 1.54) is 57.8 Å². The van der Waals surface area contributed by atoms with Crippen LogP contribution in [-0.2, 0) is 4.79 Å². The van der Waals surface area contributed by atoms with E-state index in [1.54, 1.807) is 0 Å². The Balaban J connectivity index is 3.25. The van der Waals surface area contributed by atoms with Crippen LogP contribution in [0.2, 0.25) is 0 Å². The molecule has 0 saturated heterocycles. The molecule has 0 radical (unpaired) electrons. The minimum Gasteiger partial charge on any atom is -0.300 e. The first-order valence-corrected chi connectivity index (χ1v) is 8.48. The molecule has 0 amide bonds. The van der Waals surface area contributed by atoms with E-state index in [1.807, 2.05) is 0 Å². The second kappa shape index (κ2) is 15.5. The van der Waals surface area contributed by atoms with Crippen LogP contribution in [-0.4, -0.2) is 5.78 Å². The van der Waals surface area contributed by atoms with Crippen LogP contribution < -0.4 is 0 Å². The Kier molecular flexibility index (Phi) is 15.0. The van der Waals surface area contributed by atoms with Crippen molar-refractivity contribution in [2.45, 2.75) is 97.3 Å². The van der Waals surface area contributed by atoms with Crippen molar-refractivity contribution in [3.63, 3.8) is 0 Å². The maximum Gasteiger partial charge on any atom is 0.133 e. The number of Topliss-reactive ketones (excluding diaryl/α,β-unsaturated/α-hetero) is 1. The Labute approximate surface area is 120 Å². The van der Waals surface area contributed by atoms with E-state index < -0.39 is 0 Å². The average molecular weight is 266 g/mol. The summed E-state index contributed by atoms with van der Waals surface area (Å²) < 4.78 is 0. The van der Waals surface area contributed by atoms with Gasteiger partial charge in [0.2, 0.25) is 0 Å². The molecule has 1 heteroatoms. The molecule has 112 valence electrons. The summed E-state index contributed by atoms with van der Waals surface area (Å²) in [7, 11) is 0. The molecule has 0 aromatic carbocycles. The van der Waals surface area contributed by atoms with Gasteiger partial charge in [0, 0.05) is 12.8 Å². The van der Waals surface area contributed by atoms with Crippen molar-refractivity contribution in [1.82, 2.24) is 0 Å². The average Bonchev–Trinajstić information content (AvgIpc) is 2.41. The normalized spacial score (nSPS) is 11.3. The van der Waals surface area contributed by atoms with Crippen LogP contribution in [0.5, 0.6) is 0 Å². The Hall–Kier alpha value is -0.590. The minimum absolute atomic E-state index is 0.451. The molecular formula is C18H34O. The summed E-state index contributed by atoms with van der Waals surface area (Å²) in [6.07, 6.45) is 19.6. The highest BCUT2D eigenvalue weighted by Gasteiger charge is 1.99. The third-order valence-corrected chi connectivity index (χ3v) is 3.54. The predicted octanol–water partition coefficient (Wildman–Crippen LogP) is 6.22. The van der Waals surface area contributed by atoms with Crippen molar-refractivity contribution in [3.05, 3.63) is 12.2 Å². The molecule has 0 aromatic heterocycles. The predicted molar refractivity (Wildman–Crippen MR) is 85.5 cm³/mol. The minimum atomic E-state index is 0.451. The fourth-order valence-electron chi connectivity index (χ4n) is 2.22. The van der Waals surface area contributed by atoms with Crippen LogP contribution >= 0.6 is 0 Å². The van der Waals surface area contributed by atoms with Gasteiger partial charge in [-0.05, 0) is 25.7 Å². The van der Waals surface area contributed by atoms with Gasteiger partial charge in [0.25, 0.3) is 0 Å². The van der Waals surface area contributed by atoms with Gasteiger partial charge in [0.15, 0.2) is 0 Å². The second-order valence-corrected chi connectivity index (χ2v) is 5.56. The first-order valence-electron chi connectivity index (χ1n) is 8.48. The number of rotatable bonds is 14. The first-order chi connectivity index (χ1) is 9.31. The van der Waals surface area contributed by atoms with Crippen LogP contribution in [0.4, 0.5) is 0 Å². The van der Waals surface area contributed by atoms with Crippen LogP contribution in [0.25, 0.3) is 0 Å².